The van der Waals surface area contributed by atoms with Crippen molar-refractivity contribution in [2.45, 2.75) is 50.7 Å². The lowest BCUT2D eigenvalue weighted by Crippen LogP contribution is -2.52. The van der Waals surface area contributed by atoms with Gasteiger partial charge in [0.1, 0.15) is 0 Å². The zero-order valence-electron chi connectivity index (χ0n) is 9.87. The molecule has 0 aromatic heterocycles. The smallest absolute Gasteiger partial charge is 0.0697 e. The van der Waals surface area contributed by atoms with Crippen LogP contribution >= 0.6 is 0 Å². The fourth-order valence-electron chi connectivity index (χ4n) is 3.00. The molecule has 1 aliphatic carbocycles. The Balaban J connectivity index is 1.90. The lowest BCUT2D eigenvalue weighted by atomic mass is 9.73. The van der Waals surface area contributed by atoms with E-state index in [1.54, 1.807) is 0 Å². The van der Waals surface area contributed by atoms with Crippen LogP contribution in [0.25, 0.3) is 0 Å². The summed E-state index contributed by atoms with van der Waals surface area (Å²) >= 11 is 0. The minimum absolute atomic E-state index is 0.269. The molecule has 1 spiro atoms. The van der Waals surface area contributed by atoms with Gasteiger partial charge in [0.15, 0.2) is 0 Å². The summed E-state index contributed by atoms with van der Waals surface area (Å²) in [5.41, 5.74) is 5.92. The van der Waals surface area contributed by atoms with Gasteiger partial charge in [0, 0.05) is 25.7 Å². The number of hydrogen-bond acceptors (Lipinski definition) is 3. The normalized spacial score (nSPS) is 29.4. The maximum absolute atomic E-state index is 5.95. The van der Waals surface area contributed by atoms with Gasteiger partial charge < -0.3 is 10.5 Å². The van der Waals surface area contributed by atoms with Gasteiger partial charge in [-0.1, -0.05) is 6.92 Å². The monoisotopic (exact) mass is 212 g/mol. The fourth-order valence-corrected chi connectivity index (χ4v) is 3.00. The van der Waals surface area contributed by atoms with Gasteiger partial charge in [-0.2, -0.15) is 0 Å². The molecule has 1 aliphatic heterocycles. The summed E-state index contributed by atoms with van der Waals surface area (Å²) in [6.07, 6.45) is 6.35. The Bertz CT molecular complexity index is 204. The first kappa shape index (κ1) is 11.4. The predicted octanol–water partition coefficient (Wildman–Crippen LogP) is 1.37. The molecule has 0 aromatic carbocycles. The molecule has 2 rings (SSSR count). The van der Waals surface area contributed by atoms with Crippen molar-refractivity contribution in [3.8, 4) is 0 Å². The molecule has 2 fully saturated rings. The molecular formula is C12H24N2O. The third-order valence-electron chi connectivity index (χ3n) is 4.07. The second-order valence-corrected chi connectivity index (χ2v) is 4.95. The van der Waals surface area contributed by atoms with Gasteiger partial charge >= 0.3 is 0 Å². The molecule has 15 heavy (non-hydrogen) atoms. The quantitative estimate of drug-likeness (QED) is 0.765. The predicted molar refractivity (Wildman–Crippen MR) is 61.9 cm³/mol. The molecule has 1 unspecified atom stereocenters. The summed E-state index contributed by atoms with van der Waals surface area (Å²) in [6.45, 7) is 6.12. The van der Waals surface area contributed by atoms with E-state index in [1.807, 2.05) is 0 Å². The lowest BCUT2D eigenvalue weighted by molar-refractivity contribution is -0.148. The standard InChI is InChI=1S/C12H24N2O/c1-2-14(8-7-13)11-4-9-15-12(10-11)5-3-6-12/h11H,2-10,13H2,1H3. The maximum atomic E-state index is 5.95. The molecule has 88 valence electrons. The van der Waals surface area contributed by atoms with E-state index in [1.165, 1.54) is 32.1 Å². The molecule has 3 heteroatoms. The summed E-state index contributed by atoms with van der Waals surface area (Å²) in [5.74, 6) is 0. The van der Waals surface area contributed by atoms with Crippen LogP contribution < -0.4 is 5.73 Å². The summed E-state index contributed by atoms with van der Waals surface area (Å²) in [5, 5.41) is 0. The first-order chi connectivity index (χ1) is 7.29. The third-order valence-corrected chi connectivity index (χ3v) is 4.07. The summed E-state index contributed by atoms with van der Waals surface area (Å²) in [4.78, 5) is 2.53. The third kappa shape index (κ3) is 2.35. The molecule has 1 saturated heterocycles. The first-order valence-electron chi connectivity index (χ1n) is 6.38. The van der Waals surface area contributed by atoms with Crippen molar-refractivity contribution < 1.29 is 4.74 Å². The van der Waals surface area contributed by atoms with Gasteiger partial charge in [-0.05, 0) is 38.6 Å². The lowest BCUT2D eigenvalue weighted by Gasteiger charge is -2.49. The zero-order valence-corrected chi connectivity index (χ0v) is 9.87. The van der Waals surface area contributed by atoms with Crippen molar-refractivity contribution in [1.82, 2.24) is 4.90 Å². The molecule has 1 atom stereocenters. The van der Waals surface area contributed by atoms with Crippen LogP contribution in [0.1, 0.15) is 39.0 Å². The Kier molecular flexibility index (Phi) is 3.65. The molecule has 2 aliphatic rings. The van der Waals surface area contributed by atoms with Crippen LogP contribution in [0.3, 0.4) is 0 Å². The number of rotatable bonds is 4. The highest BCUT2D eigenvalue weighted by Gasteiger charge is 2.43. The zero-order chi connectivity index (χ0) is 10.7. The Morgan fingerprint density at radius 1 is 1.47 bits per heavy atom. The van der Waals surface area contributed by atoms with Crippen molar-refractivity contribution in [3.63, 3.8) is 0 Å². The van der Waals surface area contributed by atoms with E-state index in [2.05, 4.69) is 11.8 Å². The maximum Gasteiger partial charge on any atom is 0.0697 e. The Morgan fingerprint density at radius 3 is 2.80 bits per heavy atom. The van der Waals surface area contributed by atoms with Gasteiger partial charge in [0.05, 0.1) is 5.60 Å². The minimum atomic E-state index is 0.269. The number of hydrogen-bond donors (Lipinski definition) is 1. The summed E-state index contributed by atoms with van der Waals surface area (Å²) < 4.78 is 5.95. The van der Waals surface area contributed by atoms with Crippen LogP contribution in [-0.4, -0.2) is 42.8 Å². The molecule has 0 aromatic rings. The highest BCUT2D eigenvalue weighted by atomic mass is 16.5. The molecule has 1 heterocycles. The van der Waals surface area contributed by atoms with Crippen molar-refractivity contribution >= 4 is 0 Å². The van der Waals surface area contributed by atoms with Crippen LogP contribution in [0.5, 0.6) is 0 Å². The highest BCUT2D eigenvalue weighted by Crippen LogP contribution is 2.43. The van der Waals surface area contributed by atoms with E-state index in [-0.39, 0.29) is 5.60 Å². The van der Waals surface area contributed by atoms with Gasteiger partial charge in [-0.15, -0.1) is 0 Å². The average Bonchev–Trinajstić information content (AvgIpc) is 2.24. The number of nitrogens with zero attached hydrogens (tertiary/aromatic N) is 1. The van der Waals surface area contributed by atoms with E-state index >= 15 is 0 Å². The van der Waals surface area contributed by atoms with Crippen molar-refractivity contribution in [2.75, 3.05) is 26.2 Å². The van der Waals surface area contributed by atoms with Gasteiger partial charge in [-0.3, -0.25) is 4.90 Å². The van der Waals surface area contributed by atoms with Crippen LogP contribution in [0.4, 0.5) is 0 Å². The van der Waals surface area contributed by atoms with Gasteiger partial charge in [0.25, 0.3) is 0 Å². The van der Waals surface area contributed by atoms with Crippen molar-refractivity contribution in [1.29, 1.82) is 0 Å². The molecule has 2 N–H and O–H groups in total. The minimum Gasteiger partial charge on any atom is -0.375 e. The van der Waals surface area contributed by atoms with E-state index < -0.39 is 0 Å². The second kappa shape index (κ2) is 4.81. The van der Waals surface area contributed by atoms with E-state index in [0.29, 0.717) is 6.04 Å². The van der Waals surface area contributed by atoms with E-state index in [0.717, 1.165) is 26.2 Å². The molecule has 3 nitrogen and oxygen atoms in total. The highest BCUT2D eigenvalue weighted by molar-refractivity contribution is 4.96. The van der Waals surface area contributed by atoms with Gasteiger partial charge in [-0.25, -0.2) is 0 Å². The molecule has 0 radical (unpaired) electrons. The number of likely N-dealkylation sites (N-methyl/N-ethyl adjacent to an activating group) is 1. The molecular weight excluding hydrogens is 188 g/mol. The number of nitrogens with two attached hydrogens (primary N) is 1. The SMILES string of the molecule is CCN(CCN)C1CCOC2(CCC2)C1. The molecule has 0 bridgehead atoms. The Morgan fingerprint density at radius 2 is 2.27 bits per heavy atom. The van der Waals surface area contributed by atoms with E-state index in [4.69, 9.17) is 10.5 Å². The van der Waals surface area contributed by atoms with E-state index in [9.17, 15) is 0 Å². The average molecular weight is 212 g/mol. The Hall–Kier alpha value is -0.120. The topological polar surface area (TPSA) is 38.5 Å². The summed E-state index contributed by atoms with van der Waals surface area (Å²) in [6, 6.07) is 0.715. The molecule has 0 amide bonds. The Labute approximate surface area is 93.0 Å². The number of ether oxygens (including phenoxy) is 1. The van der Waals surface area contributed by atoms with Crippen molar-refractivity contribution in [3.05, 3.63) is 0 Å². The van der Waals surface area contributed by atoms with Crippen molar-refractivity contribution in [2.24, 2.45) is 5.73 Å². The fraction of sp³-hybridized carbons (Fsp3) is 1.00. The summed E-state index contributed by atoms with van der Waals surface area (Å²) in [7, 11) is 0. The van der Waals surface area contributed by atoms with Crippen LogP contribution in [0.2, 0.25) is 0 Å². The molecule has 1 saturated carbocycles. The second-order valence-electron chi connectivity index (χ2n) is 4.95. The van der Waals surface area contributed by atoms with Crippen LogP contribution in [0.15, 0.2) is 0 Å². The van der Waals surface area contributed by atoms with Crippen LogP contribution in [0, 0.1) is 0 Å². The largest absolute Gasteiger partial charge is 0.375 e. The first-order valence-corrected chi connectivity index (χ1v) is 6.38. The van der Waals surface area contributed by atoms with Crippen LogP contribution in [-0.2, 0) is 4.74 Å². The van der Waals surface area contributed by atoms with Gasteiger partial charge in [0.2, 0.25) is 0 Å².